The maximum atomic E-state index is 12.8. The van der Waals surface area contributed by atoms with Gasteiger partial charge in [-0.25, -0.2) is 10.2 Å². The summed E-state index contributed by atoms with van der Waals surface area (Å²) < 4.78 is 30.6. The number of rotatable bonds is 4. The molecule has 158 valence electrons. The Morgan fingerprint density at radius 1 is 1.03 bits per heavy atom. The minimum Gasteiger partial charge on any atom is -0.299 e. The summed E-state index contributed by atoms with van der Waals surface area (Å²) in [5, 5.41) is 24.4. The zero-order chi connectivity index (χ0) is 21.1. The summed E-state index contributed by atoms with van der Waals surface area (Å²) in [5.74, 6) is -5.79. The molecule has 2 amide bonds. The van der Waals surface area contributed by atoms with Gasteiger partial charge in [-0.15, -0.1) is 9.35 Å². The number of hydroxylamine groups is 2. The van der Waals surface area contributed by atoms with E-state index in [1.807, 2.05) is 13.8 Å². The molecule has 10 heteroatoms. The van der Waals surface area contributed by atoms with Crippen LogP contribution in [0.4, 0.5) is 0 Å². The number of hydrogen-bond acceptors (Lipinski definition) is 6. The van der Waals surface area contributed by atoms with Gasteiger partial charge in [0.05, 0.1) is 23.0 Å². The van der Waals surface area contributed by atoms with E-state index in [4.69, 9.17) is 4.28 Å². The van der Waals surface area contributed by atoms with Crippen molar-refractivity contribution < 1.29 is 37.3 Å². The van der Waals surface area contributed by atoms with Crippen LogP contribution in [-0.2, 0) is 39.0 Å². The van der Waals surface area contributed by atoms with Crippen LogP contribution in [0.15, 0.2) is 0 Å². The van der Waals surface area contributed by atoms with E-state index in [0.717, 1.165) is 6.42 Å². The number of carbonyl (C=O) groups excluding carboxylic acids is 3. The van der Waals surface area contributed by atoms with Crippen LogP contribution in [0, 0.1) is 40.4 Å². The van der Waals surface area contributed by atoms with Crippen molar-refractivity contribution in [1.29, 1.82) is 0 Å². The minimum absolute atomic E-state index is 0.109. The van der Waals surface area contributed by atoms with Gasteiger partial charge in [-0.1, -0.05) is 13.8 Å². The van der Waals surface area contributed by atoms with Crippen molar-refractivity contribution in [2.75, 3.05) is 5.75 Å². The molecule has 4 bridgehead atoms. The van der Waals surface area contributed by atoms with E-state index in [9.17, 15) is 33.0 Å². The highest BCUT2D eigenvalue weighted by molar-refractivity contribution is 7.86. The number of hydrogen-bond donors (Lipinski definition) is 0. The van der Waals surface area contributed by atoms with Crippen molar-refractivity contribution in [1.82, 2.24) is 5.06 Å². The second kappa shape index (κ2) is 5.66. The van der Waals surface area contributed by atoms with Gasteiger partial charge < -0.3 is 0 Å². The van der Waals surface area contributed by atoms with Gasteiger partial charge in [0.25, 0.3) is 21.9 Å². The van der Waals surface area contributed by atoms with Crippen LogP contribution in [0.5, 0.6) is 0 Å². The Bertz CT molecular complexity index is 896. The quantitative estimate of drug-likeness (QED) is 0.601. The van der Waals surface area contributed by atoms with E-state index in [0.29, 0.717) is 12.8 Å². The third-order valence-corrected chi connectivity index (χ3v) is 9.97. The van der Waals surface area contributed by atoms with Crippen molar-refractivity contribution in [2.24, 2.45) is 40.4 Å². The summed E-state index contributed by atoms with van der Waals surface area (Å²) >= 11 is 0. The first-order valence-electron chi connectivity index (χ1n) is 10.1. The van der Waals surface area contributed by atoms with Crippen LogP contribution in [0.25, 0.3) is 0 Å². The van der Waals surface area contributed by atoms with Gasteiger partial charge in [0, 0.05) is 18.3 Å². The number of carbonyl (C=O) groups is 3. The third kappa shape index (κ3) is 2.26. The summed E-state index contributed by atoms with van der Waals surface area (Å²) in [6.45, 7) is 3.75. The number of fused-ring (bicyclic) bond motifs is 7. The molecule has 1 aliphatic heterocycles. The molecule has 0 spiro atoms. The normalized spacial score (nSPS) is 47.5. The molecule has 0 aromatic rings. The second-order valence-corrected chi connectivity index (χ2v) is 11.5. The first-order valence-corrected chi connectivity index (χ1v) is 11.6. The molecule has 0 N–H and O–H groups in total. The summed E-state index contributed by atoms with van der Waals surface area (Å²) in [4.78, 5) is 38.0. The lowest BCUT2D eigenvalue weighted by Crippen LogP contribution is -2.45. The SMILES string of the molecule is CC1(C)C2CCC1(CS(=O)(=O)ON1C(=O)C3C4CC(C([O])C4[O])C3C1=O)C(=O)C2. The topological polar surface area (TPSA) is 138 Å². The van der Waals surface area contributed by atoms with Gasteiger partial charge in [-0.2, -0.15) is 8.42 Å². The van der Waals surface area contributed by atoms with E-state index < -0.39 is 74.4 Å². The maximum Gasteiger partial charge on any atom is 0.289 e. The summed E-state index contributed by atoms with van der Waals surface area (Å²) in [6, 6.07) is 0. The lowest BCUT2D eigenvalue weighted by molar-refractivity contribution is -0.166. The molecular weight excluding hydrogens is 402 g/mol. The van der Waals surface area contributed by atoms with Crippen LogP contribution in [-0.4, -0.2) is 49.0 Å². The van der Waals surface area contributed by atoms with Crippen LogP contribution in [0.1, 0.15) is 39.5 Å². The standard InChI is InChI=1S/C19H23NO8S/c1-18(2)8-3-4-19(18,11(21)5-8)7-29(26,27)28-20-16(24)12-9-6-10(13(12)17(20)25)15(23)14(9)22/h8-10,12-15H,3-7H2,1-2H3. The molecule has 1 saturated heterocycles. The van der Waals surface area contributed by atoms with Gasteiger partial charge in [0.1, 0.15) is 18.0 Å². The Morgan fingerprint density at radius 2 is 1.59 bits per heavy atom. The zero-order valence-electron chi connectivity index (χ0n) is 16.2. The number of Topliss-reactive ketones (excluding diaryl/α,β-unsaturated/α-hetero) is 1. The smallest absolute Gasteiger partial charge is 0.289 e. The molecule has 2 radical (unpaired) electrons. The van der Waals surface area contributed by atoms with Gasteiger partial charge in [0.15, 0.2) is 0 Å². The highest BCUT2D eigenvalue weighted by atomic mass is 32.2. The van der Waals surface area contributed by atoms with Crippen molar-refractivity contribution in [3.63, 3.8) is 0 Å². The van der Waals surface area contributed by atoms with E-state index >= 15 is 0 Å². The van der Waals surface area contributed by atoms with Gasteiger partial charge in [-0.05, 0) is 30.6 Å². The molecule has 4 aliphatic carbocycles. The molecule has 0 aromatic carbocycles. The summed E-state index contributed by atoms with van der Waals surface area (Å²) in [5.41, 5.74) is -1.60. The molecule has 0 aromatic heterocycles. The Hall–Kier alpha value is -1.36. The highest BCUT2D eigenvalue weighted by Gasteiger charge is 2.70. The number of amides is 2. The van der Waals surface area contributed by atoms with Crippen LogP contribution in [0.3, 0.4) is 0 Å². The molecule has 5 aliphatic rings. The fourth-order valence-corrected chi connectivity index (χ4v) is 8.69. The fraction of sp³-hybridized carbons (Fsp3) is 0.842. The van der Waals surface area contributed by atoms with Gasteiger partial charge in [-0.3, -0.25) is 14.4 Å². The monoisotopic (exact) mass is 425 g/mol. The van der Waals surface area contributed by atoms with Gasteiger partial charge >= 0.3 is 0 Å². The van der Waals surface area contributed by atoms with Crippen molar-refractivity contribution in [2.45, 2.75) is 51.7 Å². The van der Waals surface area contributed by atoms with Crippen LogP contribution >= 0.6 is 0 Å². The van der Waals surface area contributed by atoms with Crippen LogP contribution < -0.4 is 0 Å². The molecule has 8 unspecified atom stereocenters. The predicted octanol–water partition coefficient (Wildman–Crippen LogP) is 0.492. The highest BCUT2D eigenvalue weighted by Crippen LogP contribution is 2.64. The molecule has 5 fully saturated rings. The largest absolute Gasteiger partial charge is 0.299 e. The van der Waals surface area contributed by atoms with Gasteiger partial charge in [0.2, 0.25) is 0 Å². The predicted molar refractivity (Wildman–Crippen MR) is 92.8 cm³/mol. The summed E-state index contributed by atoms with van der Waals surface area (Å²) in [7, 11) is -4.43. The molecule has 4 saturated carbocycles. The third-order valence-electron chi connectivity index (χ3n) is 8.74. The second-order valence-electron chi connectivity index (χ2n) is 9.96. The van der Waals surface area contributed by atoms with Crippen LogP contribution in [0.2, 0.25) is 0 Å². The first kappa shape index (κ1) is 19.6. The number of nitrogens with zero attached hydrogens (tertiary/aromatic N) is 1. The Balaban J connectivity index is 1.39. The average molecular weight is 425 g/mol. The van der Waals surface area contributed by atoms with E-state index in [-0.39, 0.29) is 23.2 Å². The zero-order valence-corrected chi connectivity index (χ0v) is 17.0. The van der Waals surface area contributed by atoms with E-state index in [2.05, 4.69) is 0 Å². The van der Waals surface area contributed by atoms with Crippen molar-refractivity contribution >= 4 is 27.7 Å². The molecular formula is C19H23NO8S. The molecule has 1 heterocycles. The molecule has 29 heavy (non-hydrogen) atoms. The lowest BCUT2D eigenvalue weighted by Gasteiger charge is -2.35. The Morgan fingerprint density at radius 3 is 2.03 bits per heavy atom. The van der Waals surface area contributed by atoms with Crippen molar-refractivity contribution in [3.8, 4) is 0 Å². The summed E-state index contributed by atoms with van der Waals surface area (Å²) in [6.07, 6.45) is -1.21. The Labute approximate surface area is 168 Å². The fourth-order valence-electron chi connectivity index (χ4n) is 6.98. The van der Waals surface area contributed by atoms with Crippen molar-refractivity contribution in [3.05, 3.63) is 0 Å². The first-order chi connectivity index (χ1) is 13.4. The molecule has 9 nitrogen and oxygen atoms in total. The number of ketones is 1. The molecule has 8 atom stereocenters. The molecule has 5 rings (SSSR count). The average Bonchev–Trinajstić information content (AvgIpc) is 3.32. The maximum absolute atomic E-state index is 12.8. The Kier molecular flexibility index (Phi) is 3.82. The van der Waals surface area contributed by atoms with E-state index in [1.165, 1.54) is 0 Å². The van der Waals surface area contributed by atoms with E-state index in [1.54, 1.807) is 0 Å². The minimum atomic E-state index is -4.43. The lowest BCUT2D eigenvalue weighted by atomic mass is 9.70. The number of imide groups is 1.